The Morgan fingerprint density at radius 3 is 2.22 bits per heavy atom. The normalized spacial score (nSPS) is 11.5. The van der Waals surface area contributed by atoms with Crippen molar-refractivity contribution >= 4 is 11.8 Å². The Kier molecular flexibility index (Phi) is 8.36. The van der Waals surface area contributed by atoms with Gasteiger partial charge in [-0.15, -0.1) is 0 Å². The molecule has 2 aromatic rings. The van der Waals surface area contributed by atoms with Gasteiger partial charge in [0.15, 0.2) is 6.61 Å². The van der Waals surface area contributed by atoms with Crippen molar-refractivity contribution in [2.24, 2.45) is 0 Å². The van der Waals surface area contributed by atoms with E-state index in [1.54, 1.807) is 17.0 Å². The highest BCUT2D eigenvalue weighted by atomic mass is 16.5. The molecule has 0 fully saturated rings. The van der Waals surface area contributed by atoms with Crippen molar-refractivity contribution in [1.29, 1.82) is 0 Å². The predicted molar refractivity (Wildman–Crippen MR) is 106 cm³/mol. The zero-order valence-corrected chi connectivity index (χ0v) is 16.1. The number of rotatable bonds is 10. The smallest absolute Gasteiger partial charge is 0.261 e. The summed E-state index contributed by atoms with van der Waals surface area (Å²) in [6, 6.07) is 18.4. The van der Waals surface area contributed by atoms with Crippen LogP contribution in [0.2, 0.25) is 0 Å². The van der Waals surface area contributed by atoms with Crippen LogP contribution >= 0.6 is 0 Å². The zero-order valence-electron chi connectivity index (χ0n) is 16.1. The molecule has 2 amide bonds. The summed E-state index contributed by atoms with van der Waals surface area (Å²) in [7, 11) is 0. The van der Waals surface area contributed by atoms with E-state index in [1.807, 2.05) is 62.4 Å². The summed E-state index contributed by atoms with van der Waals surface area (Å²) >= 11 is 0. The van der Waals surface area contributed by atoms with Gasteiger partial charge in [-0.05, 0) is 30.5 Å². The molecule has 0 saturated carbocycles. The van der Waals surface area contributed by atoms with Crippen LogP contribution in [0.15, 0.2) is 60.7 Å². The maximum atomic E-state index is 12.9. The molecule has 0 saturated heterocycles. The van der Waals surface area contributed by atoms with Crippen molar-refractivity contribution in [2.75, 3.05) is 13.2 Å². The summed E-state index contributed by atoms with van der Waals surface area (Å²) in [6.45, 7) is 4.79. The van der Waals surface area contributed by atoms with E-state index in [1.165, 1.54) is 0 Å². The molecule has 1 unspecified atom stereocenters. The van der Waals surface area contributed by atoms with Crippen molar-refractivity contribution in [3.8, 4) is 5.75 Å². The molecule has 0 spiro atoms. The predicted octanol–water partition coefficient (Wildman–Crippen LogP) is 3.40. The van der Waals surface area contributed by atoms with Gasteiger partial charge in [-0.2, -0.15) is 0 Å². The molecule has 1 N–H and O–H groups in total. The lowest BCUT2D eigenvalue weighted by molar-refractivity contribution is -0.143. The number of carbonyl (C=O) groups excluding carboxylic acids is 2. The molecule has 5 nitrogen and oxygen atoms in total. The summed E-state index contributed by atoms with van der Waals surface area (Å²) in [5.74, 6) is 0.304. The largest absolute Gasteiger partial charge is 0.484 e. The quantitative estimate of drug-likeness (QED) is 0.699. The fourth-order valence-corrected chi connectivity index (χ4v) is 2.81. The van der Waals surface area contributed by atoms with E-state index < -0.39 is 6.04 Å². The average Bonchev–Trinajstić information content (AvgIpc) is 2.71. The van der Waals surface area contributed by atoms with Gasteiger partial charge in [0, 0.05) is 13.1 Å². The lowest BCUT2D eigenvalue weighted by Crippen LogP contribution is -2.50. The second kappa shape index (κ2) is 11.0. The van der Waals surface area contributed by atoms with E-state index >= 15 is 0 Å². The molecular formula is C22H28N2O3. The fourth-order valence-electron chi connectivity index (χ4n) is 2.81. The van der Waals surface area contributed by atoms with Crippen molar-refractivity contribution in [2.45, 2.75) is 39.3 Å². The standard InChI is InChI=1S/C22H28N2O3/c1-3-15-23-22(26)20(4-2)24(16-18-11-7-5-8-12-18)21(25)17-27-19-13-9-6-10-14-19/h5-14,20H,3-4,15-17H2,1-2H3,(H,23,26). The maximum absolute atomic E-state index is 12.9. The van der Waals surface area contributed by atoms with E-state index in [9.17, 15) is 9.59 Å². The SMILES string of the molecule is CCCNC(=O)C(CC)N(Cc1ccccc1)C(=O)COc1ccccc1. The molecule has 0 radical (unpaired) electrons. The molecule has 2 aromatic carbocycles. The van der Waals surface area contributed by atoms with Crippen LogP contribution in [0.25, 0.3) is 0 Å². The van der Waals surface area contributed by atoms with Crippen molar-refractivity contribution in [1.82, 2.24) is 10.2 Å². The van der Waals surface area contributed by atoms with Gasteiger partial charge in [0.25, 0.3) is 5.91 Å². The molecule has 2 rings (SSSR count). The van der Waals surface area contributed by atoms with E-state index in [-0.39, 0.29) is 18.4 Å². The molecule has 0 aliphatic heterocycles. The van der Waals surface area contributed by atoms with Crippen LogP contribution in [0, 0.1) is 0 Å². The fraction of sp³-hybridized carbons (Fsp3) is 0.364. The summed E-state index contributed by atoms with van der Waals surface area (Å²) in [6.07, 6.45) is 1.39. The Bertz CT molecular complexity index is 704. The van der Waals surface area contributed by atoms with E-state index in [0.717, 1.165) is 12.0 Å². The minimum Gasteiger partial charge on any atom is -0.484 e. The van der Waals surface area contributed by atoms with Crippen LogP contribution in [-0.4, -0.2) is 35.9 Å². The number of carbonyl (C=O) groups is 2. The van der Waals surface area contributed by atoms with Gasteiger partial charge in [-0.1, -0.05) is 62.4 Å². The first-order valence-electron chi connectivity index (χ1n) is 9.44. The van der Waals surface area contributed by atoms with E-state index in [4.69, 9.17) is 4.74 Å². The third-order valence-electron chi connectivity index (χ3n) is 4.24. The Labute approximate surface area is 161 Å². The highest BCUT2D eigenvalue weighted by molar-refractivity contribution is 5.88. The number of hydrogen-bond donors (Lipinski definition) is 1. The first kappa shape index (κ1) is 20.5. The Morgan fingerprint density at radius 2 is 1.63 bits per heavy atom. The molecule has 27 heavy (non-hydrogen) atoms. The molecule has 0 heterocycles. The summed E-state index contributed by atoms with van der Waals surface area (Å²) < 4.78 is 5.62. The monoisotopic (exact) mass is 368 g/mol. The number of amides is 2. The van der Waals surface area contributed by atoms with E-state index in [0.29, 0.717) is 25.3 Å². The first-order valence-corrected chi connectivity index (χ1v) is 9.44. The molecule has 0 aliphatic rings. The van der Waals surface area contributed by atoms with E-state index in [2.05, 4.69) is 5.32 Å². The lowest BCUT2D eigenvalue weighted by atomic mass is 10.1. The van der Waals surface area contributed by atoms with Crippen molar-refractivity contribution in [3.05, 3.63) is 66.2 Å². The van der Waals surface area contributed by atoms with Gasteiger partial charge in [0.05, 0.1) is 0 Å². The van der Waals surface area contributed by atoms with Gasteiger partial charge >= 0.3 is 0 Å². The zero-order chi connectivity index (χ0) is 19.5. The second-order valence-electron chi connectivity index (χ2n) is 6.32. The Hall–Kier alpha value is -2.82. The number of benzene rings is 2. The molecule has 1 atom stereocenters. The first-order chi connectivity index (χ1) is 13.2. The van der Waals surface area contributed by atoms with Crippen LogP contribution in [0.1, 0.15) is 32.3 Å². The summed E-state index contributed by atoms with van der Waals surface area (Å²) in [5.41, 5.74) is 0.979. The second-order valence-corrected chi connectivity index (χ2v) is 6.32. The van der Waals surface area contributed by atoms with Crippen LogP contribution in [0.5, 0.6) is 5.75 Å². The van der Waals surface area contributed by atoms with Crippen molar-refractivity contribution < 1.29 is 14.3 Å². The molecule has 5 heteroatoms. The highest BCUT2D eigenvalue weighted by Gasteiger charge is 2.28. The molecule has 0 aromatic heterocycles. The molecule has 0 bridgehead atoms. The number of para-hydroxylation sites is 1. The lowest BCUT2D eigenvalue weighted by Gasteiger charge is -2.30. The maximum Gasteiger partial charge on any atom is 0.261 e. The van der Waals surface area contributed by atoms with Crippen molar-refractivity contribution in [3.63, 3.8) is 0 Å². The van der Waals surface area contributed by atoms with Gasteiger partial charge in [-0.3, -0.25) is 9.59 Å². The number of nitrogens with one attached hydrogen (secondary N) is 1. The van der Waals surface area contributed by atoms with Crippen LogP contribution in [-0.2, 0) is 16.1 Å². The van der Waals surface area contributed by atoms with Gasteiger partial charge < -0.3 is 15.0 Å². The van der Waals surface area contributed by atoms with Gasteiger partial charge in [0.2, 0.25) is 5.91 Å². The summed E-state index contributed by atoms with van der Waals surface area (Å²) in [5, 5.41) is 2.90. The number of hydrogen-bond acceptors (Lipinski definition) is 3. The van der Waals surface area contributed by atoms with Crippen LogP contribution in [0.3, 0.4) is 0 Å². The summed E-state index contributed by atoms with van der Waals surface area (Å²) in [4.78, 5) is 27.1. The molecular weight excluding hydrogens is 340 g/mol. The average molecular weight is 368 g/mol. The third kappa shape index (κ3) is 6.44. The minimum absolute atomic E-state index is 0.103. The topological polar surface area (TPSA) is 58.6 Å². The number of nitrogens with zero attached hydrogens (tertiary/aromatic N) is 1. The molecule has 0 aliphatic carbocycles. The highest BCUT2D eigenvalue weighted by Crippen LogP contribution is 2.14. The van der Waals surface area contributed by atoms with Crippen LogP contribution < -0.4 is 10.1 Å². The number of ether oxygens (including phenoxy) is 1. The van der Waals surface area contributed by atoms with Gasteiger partial charge in [-0.25, -0.2) is 0 Å². The Balaban J connectivity index is 2.14. The minimum atomic E-state index is -0.524. The Morgan fingerprint density at radius 1 is 1.00 bits per heavy atom. The molecule has 144 valence electrons. The third-order valence-corrected chi connectivity index (χ3v) is 4.24. The van der Waals surface area contributed by atoms with Crippen LogP contribution in [0.4, 0.5) is 0 Å². The van der Waals surface area contributed by atoms with Gasteiger partial charge in [0.1, 0.15) is 11.8 Å².